The summed E-state index contributed by atoms with van der Waals surface area (Å²) in [6.45, 7) is 4.41. The van der Waals surface area contributed by atoms with Crippen LogP contribution in [0.15, 0.2) is 42.5 Å². The molecule has 0 aliphatic carbocycles. The highest BCUT2D eigenvalue weighted by atomic mass is 16.5. The Morgan fingerprint density at radius 1 is 1.05 bits per heavy atom. The fourth-order valence-electron chi connectivity index (χ4n) is 2.15. The van der Waals surface area contributed by atoms with Gasteiger partial charge in [-0.3, -0.25) is 0 Å². The highest BCUT2D eigenvalue weighted by Gasteiger charge is 2.07. The predicted molar refractivity (Wildman–Crippen MR) is 80.7 cm³/mol. The van der Waals surface area contributed by atoms with Gasteiger partial charge in [-0.15, -0.1) is 0 Å². The molecule has 0 bridgehead atoms. The Balaban J connectivity index is 2.31. The van der Waals surface area contributed by atoms with Crippen molar-refractivity contribution in [3.63, 3.8) is 0 Å². The molecular formula is C17H21NO. The van der Waals surface area contributed by atoms with Crippen LogP contribution in [-0.2, 0) is 6.42 Å². The van der Waals surface area contributed by atoms with Gasteiger partial charge in [0.25, 0.3) is 0 Å². The van der Waals surface area contributed by atoms with Crippen LogP contribution in [0, 0.1) is 0 Å². The summed E-state index contributed by atoms with van der Waals surface area (Å²) in [5.74, 6) is 1.47. The van der Waals surface area contributed by atoms with Crippen molar-refractivity contribution >= 4 is 5.69 Å². The summed E-state index contributed by atoms with van der Waals surface area (Å²) >= 11 is 0. The minimum Gasteiger partial charge on any atom is -0.496 e. The van der Waals surface area contributed by atoms with Gasteiger partial charge in [0.15, 0.2) is 0 Å². The van der Waals surface area contributed by atoms with Crippen molar-refractivity contribution in [1.29, 1.82) is 0 Å². The van der Waals surface area contributed by atoms with Crippen molar-refractivity contribution in [1.82, 2.24) is 0 Å². The summed E-state index contributed by atoms with van der Waals surface area (Å²) in [5.41, 5.74) is 10.3. The summed E-state index contributed by atoms with van der Waals surface area (Å²) in [6, 6.07) is 14.4. The fourth-order valence-corrected chi connectivity index (χ4v) is 2.15. The molecule has 2 N–H and O–H groups in total. The Kier molecular flexibility index (Phi) is 4.10. The third kappa shape index (κ3) is 3.28. The van der Waals surface area contributed by atoms with Crippen LogP contribution in [0.3, 0.4) is 0 Å². The van der Waals surface area contributed by atoms with Gasteiger partial charge in [-0.2, -0.15) is 0 Å². The first-order valence-corrected chi connectivity index (χ1v) is 6.61. The number of hydrogen-bond donors (Lipinski definition) is 1. The van der Waals surface area contributed by atoms with Gasteiger partial charge in [-0.05, 0) is 40.8 Å². The fraction of sp³-hybridized carbons (Fsp3) is 0.294. The molecule has 0 saturated carbocycles. The van der Waals surface area contributed by atoms with Gasteiger partial charge >= 0.3 is 0 Å². The van der Waals surface area contributed by atoms with Crippen LogP contribution in [0.4, 0.5) is 5.69 Å². The van der Waals surface area contributed by atoms with E-state index in [0.717, 1.165) is 17.9 Å². The van der Waals surface area contributed by atoms with Crippen molar-refractivity contribution in [2.24, 2.45) is 0 Å². The number of nitrogen functional groups attached to an aromatic ring is 1. The SMILES string of the molecule is COc1ccc(C(C)C)cc1Cc1ccc(N)cc1. The molecule has 2 aromatic carbocycles. The quantitative estimate of drug-likeness (QED) is 0.838. The van der Waals surface area contributed by atoms with E-state index in [1.54, 1.807) is 7.11 Å². The topological polar surface area (TPSA) is 35.2 Å². The Hall–Kier alpha value is -1.96. The van der Waals surface area contributed by atoms with Crippen LogP contribution in [-0.4, -0.2) is 7.11 Å². The molecule has 2 rings (SSSR count). The molecule has 0 fully saturated rings. The normalized spacial score (nSPS) is 10.7. The summed E-state index contributed by atoms with van der Waals surface area (Å²) < 4.78 is 5.45. The van der Waals surface area contributed by atoms with Gasteiger partial charge in [0.05, 0.1) is 7.11 Å². The number of hydrogen-bond acceptors (Lipinski definition) is 2. The van der Waals surface area contributed by atoms with E-state index in [2.05, 4.69) is 44.2 Å². The smallest absolute Gasteiger partial charge is 0.122 e. The number of methoxy groups -OCH3 is 1. The van der Waals surface area contributed by atoms with E-state index < -0.39 is 0 Å². The number of nitrogens with two attached hydrogens (primary N) is 1. The summed E-state index contributed by atoms with van der Waals surface area (Å²) in [7, 11) is 1.72. The van der Waals surface area contributed by atoms with E-state index in [1.807, 2.05) is 12.1 Å². The predicted octanol–water partition coefficient (Wildman–Crippen LogP) is 3.99. The Morgan fingerprint density at radius 2 is 1.74 bits per heavy atom. The van der Waals surface area contributed by atoms with Crippen LogP contribution >= 0.6 is 0 Å². The highest BCUT2D eigenvalue weighted by Crippen LogP contribution is 2.26. The maximum absolute atomic E-state index is 5.72. The van der Waals surface area contributed by atoms with E-state index in [0.29, 0.717) is 5.92 Å². The molecular weight excluding hydrogens is 234 g/mol. The number of anilines is 1. The van der Waals surface area contributed by atoms with Gasteiger partial charge in [0, 0.05) is 12.1 Å². The Bertz CT molecular complexity index is 544. The first-order chi connectivity index (χ1) is 9.10. The number of benzene rings is 2. The monoisotopic (exact) mass is 255 g/mol. The summed E-state index contributed by atoms with van der Waals surface area (Å²) in [5, 5.41) is 0. The van der Waals surface area contributed by atoms with Crippen LogP contribution in [0.1, 0.15) is 36.5 Å². The molecule has 0 aromatic heterocycles. The molecule has 0 amide bonds. The lowest BCUT2D eigenvalue weighted by atomic mass is 9.96. The van der Waals surface area contributed by atoms with Crippen molar-refractivity contribution in [3.8, 4) is 5.75 Å². The highest BCUT2D eigenvalue weighted by molar-refractivity contribution is 5.44. The van der Waals surface area contributed by atoms with Crippen molar-refractivity contribution in [2.45, 2.75) is 26.2 Å². The molecule has 0 heterocycles. The molecule has 0 spiro atoms. The molecule has 0 unspecified atom stereocenters. The van der Waals surface area contributed by atoms with Crippen molar-refractivity contribution in [3.05, 3.63) is 59.2 Å². The van der Waals surface area contributed by atoms with Crippen LogP contribution in [0.25, 0.3) is 0 Å². The van der Waals surface area contributed by atoms with E-state index in [9.17, 15) is 0 Å². The minimum absolute atomic E-state index is 0.524. The summed E-state index contributed by atoms with van der Waals surface area (Å²) in [4.78, 5) is 0. The third-order valence-corrected chi connectivity index (χ3v) is 3.35. The van der Waals surface area contributed by atoms with E-state index >= 15 is 0 Å². The maximum Gasteiger partial charge on any atom is 0.122 e. The molecule has 0 radical (unpaired) electrons. The standard InChI is InChI=1S/C17H21NO/c1-12(2)14-6-9-17(19-3)15(11-14)10-13-4-7-16(18)8-5-13/h4-9,11-12H,10,18H2,1-3H3. The van der Waals surface area contributed by atoms with Gasteiger partial charge in [-0.25, -0.2) is 0 Å². The molecule has 2 heteroatoms. The third-order valence-electron chi connectivity index (χ3n) is 3.35. The largest absolute Gasteiger partial charge is 0.496 e. The molecule has 0 aliphatic rings. The Morgan fingerprint density at radius 3 is 2.32 bits per heavy atom. The molecule has 2 aromatic rings. The van der Waals surface area contributed by atoms with Gasteiger partial charge in [-0.1, -0.05) is 38.1 Å². The van der Waals surface area contributed by atoms with E-state index in [1.165, 1.54) is 16.7 Å². The second-order valence-corrected chi connectivity index (χ2v) is 5.14. The molecule has 0 saturated heterocycles. The van der Waals surface area contributed by atoms with E-state index in [-0.39, 0.29) is 0 Å². The maximum atomic E-state index is 5.72. The van der Waals surface area contributed by atoms with Crippen molar-refractivity contribution < 1.29 is 4.74 Å². The lowest BCUT2D eigenvalue weighted by Gasteiger charge is -2.13. The van der Waals surface area contributed by atoms with Gasteiger partial charge < -0.3 is 10.5 Å². The molecule has 0 atom stereocenters. The van der Waals surface area contributed by atoms with Crippen molar-refractivity contribution in [2.75, 3.05) is 12.8 Å². The van der Waals surface area contributed by atoms with Crippen LogP contribution in [0.5, 0.6) is 5.75 Å². The first kappa shape index (κ1) is 13.5. The Labute approximate surface area is 115 Å². The second-order valence-electron chi connectivity index (χ2n) is 5.14. The van der Waals surface area contributed by atoms with Gasteiger partial charge in [0.1, 0.15) is 5.75 Å². The zero-order valence-corrected chi connectivity index (χ0v) is 11.8. The lowest BCUT2D eigenvalue weighted by Crippen LogP contribution is -1.97. The zero-order valence-electron chi connectivity index (χ0n) is 11.8. The average Bonchev–Trinajstić information content (AvgIpc) is 2.41. The molecule has 2 nitrogen and oxygen atoms in total. The average molecular weight is 255 g/mol. The molecule has 100 valence electrons. The molecule has 0 aliphatic heterocycles. The lowest BCUT2D eigenvalue weighted by molar-refractivity contribution is 0.410. The van der Waals surface area contributed by atoms with E-state index in [4.69, 9.17) is 10.5 Å². The van der Waals surface area contributed by atoms with Crippen LogP contribution in [0.2, 0.25) is 0 Å². The number of rotatable bonds is 4. The van der Waals surface area contributed by atoms with Gasteiger partial charge in [0.2, 0.25) is 0 Å². The molecule has 19 heavy (non-hydrogen) atoms. The number of ether oxygens (including phenoxy) is 1. The second kappa shape index (κ2) is 5.79. The zero-order chi connectivity index (χ0) is 13.8. The minimum atomic E-state index is 0.524. The summed E-state index contributed by atoms with van der Waals surface area (Å²) in [6.07, 6.45) is 0.865. The first-order valence-electron chi connectivity index (χ1n) is 6.61. The van der Waals surface area contributed by atoms with Crippen LogP contribution < -0.4 is 10.5 Å².